The predicted molar refractivity (Wildman–Crippen MR) is 138 cm³/mol. The van der Waals surface area contributed by atoms with Crippen LogP contribution in [0.2, 0.25) is 0 Å². The van der Waals surface area contributed by atoms with Crippen LogP contribution < -0.4 is 4.74 Å². The summed E-state index contributed by atoms with van der Waals surface area (Å²) in [6, 6.07) is 31.5. The third-order valence-corrected chi connectivity index (χ3v) is 6.74. The Morgan fingerprint density at radius 3 is 1.69 bits per heavy atom. The summed E-state index contributed by atoms with van der Waals surface area (Å²) in [5, 5.41) is 0. The van der Waals surface area contributed by atoms with Crippen LogP contribution in [0.4, 0.5) is 22.0 Å². The first-order valence-corrected chi connectivity index (χ1v) is 12.5. The molecule has 0 spiro atoms. The molecule has 1 aliphatic rings. The monoisotopic (exact) mass is 539 g/mol. The number of alkyl halides is 5. The maximum absolute atomic E-state index is 14.1. The third kappa shape index (κ3) is 6.29. The van der Waals surface area contributed by atoms with Gasteiger partial charge < -0.3 is 9.47 Å². The Hall–Kier alpha value is -3.75. The Kier molecular flexibility index (Phi) is 7.95. The van der Waals surface area contributed by atoms with Crippen LogP contribution in [0.1, 0.15) is 40.0 Å². The molecule has 1 saturated heterocycles. The first kappa shape index (κ1) is 26.8. The molecule has 39 heavy (non-hydrogen) atoms. The Bertz CT molecular complexity index is 1300. The average molecular weight is 540 g/mol. The number of ether oxygens (including phenoxy) is 2. The van der Waals surface area contributed by atoms with E-state index in [1.807, 2.05) is 36.4 Å². The van der Waals surface area contributed by atoms with Crippen molar-refractivity contribution in [2.24, 2.45) is 0 Å². The van der Waals surface area contributed by atoms with Crippen LogP contribution in [0, 0.1) is 0 Å². The summed E-state index contributed by atoms with van der Waals surface area (Å²) in [5.74, 6) is -0.559. The fourth-order valence-electron chi connectivity index (χ4n) is 4.99. The Morgan fingerprint density at radius 1 is 0.692 bits per heavy atom. The molecule has 202 valence electrons. The highest BCUT2D eigenvalue weighted by atomic mass is 19.4. The minimum absolute atomic E-state index is 0.0288. The van der Waals surface area contributed by atoms with Gasteiger partial charge in [-0.05, 0) is 34.4 Å². The number of hydrogen-bond acceptors (Lipinski definition) is 3. The lowest BCUT2D eigenvalue weighted by Crippen LogP contribution is -2.54. The van der Waals surface area contributed by atoms with Gasteiger partial charge in [0.05, 0.1) is 17.7 Å². The normalized spacial score (nSPS) is 15.4. The van der Waals surface area contributed by atoms with Crippen molar-refractivity contribution in [1.82, 2.24) is 4.90 Å². The molecule has 1 unspecified atom stereocenters. The standard InChI is InChI=1S/C31H26F5NO2/c32-30(33)39-24-16-17-26(27(18-24)31(34,35)36)29(23-14-8-3-9-15-23)38-25-19-37(20-25)28(21-10-4-1-5-11-21)22-12-6-2-7-13-22/h1-18,25,28-30H,19-20H2. The molecule has 1 heterocycles. The number of benzene rings is 4. The fraction of sp³-hybridized carbons (Fsp3) is 0.226. The van der Waals surface area contributed by atoms with Crippen LogP contribution >= 0.6 is 0 Å². The summed E-state index contributed by atoms with van der Waals surface area (Å²) in [7, 11) is 0. The molecule has 0 N–H and O–H groups in total. The van der Waals surface area contributed by atoms with Crippen molar-refractivity contribution in [3.63, 3.8) is 0 Å². The summed E-state index contributed by atoms with van der Waals surface area (Å²) in [4.78, 5) is 2.22. The van der Waals surface area contributed by atoms with E-state index < -0.39 is 30.2 Å². The highest BCUT2D eigenvalue weighted by Crippen LogP contribution is 2.42. The zero-order valence-electron chi connectivity index (χ0n) is 20.8. The summed E-state index contributed by atoms with van der Waals surface area (Å²) < 4.78 is 78.3. The summed E-state index contributed by atoms with van der Waals surface area (Å²) >= 11 is 0. The SMILES string of the molecule is FC(F)Oc1ccc(C(OC2CN(C(c3ccccc3)c3ccccc3)C2)c2ccccc2)c(C(F)(F)F)c1. The van der Waals surface area contributed by atoms with E-state index in [1.165, 1.54) is 0 Å². The molecule has 0 amide bonds. The smallest absolute Gasteiger partial charge is 0.416 e. The average Bonchev–Trinajstić information content (AvgIpc) is 2.91. The van der Waals surface area contributed by atoms with Gasteiger partial charge in [-0.2, -0.15) is 22.0 Å². The van der Waals surface area contributed by atoms with Crippen molar-refractivity contribution in [2.45, 2.75) is 31.0 Å². The number of hydrogen-bond donors (Lipinski definition) is 0. The molecule has 0 aliphatic carbocycles. The largest absolute Gasteiger partial charge is 0.435 e. The maximum Gasteiger partial charge on any atom is 0.416 e. The van der Waals surface area contributed by atoms with E-state index in [2.05, 4.69) is 33.9 Å². The number of nitrogens with zero attached hydrogens (tertiary/aromatic N) is 1. The molecule has 1 fully saturated rings. The van der Waals surface area contributed by atoms with Gasteiger partial charge in [0.25, 0.3) is 0 Å². The van der Waals surface area contributed by atoms with Crippen LogP contribution in [0.5, 0.6) is 5.75 Å². The summed E-state index contributed by atoms with van der Waals surface area (Å²) in [5.41, 5.74) is 1.52. The second-order valence-electron chi connectivity index (χ2n) is 9.35. The Balaban J connectivity index is 1.43. The van der Waals surface area contributed by atoms with Crippen LogP contribution in [0.25, 0.3) is 0 Å². The lowest BCUT2D eigenvalue weighted by molar-refractivity contribution is -0.141. The molecular weight excluding hydrogens is 513 g/mol. The van der Waals surface area contributed by atoms with Crippen molar-refractivity contribution < 1.29 is 31.4 Å². The molecular formula is C31H26F5NO2. The molecule has 0 bridgehead atoms. The molecule has 0 saturated carbocycles. The third-order valence-electron chi connectivity index (χ3n) is 6.74. The minimum atomic E-state index is -4.80. The molecule has 3 nitrogen and oxygen atoms in total. The molecule has 0 aromatic heterocycles. The highest BCUT2D eigenvalue weighted by molar-refractivity contribution is 5.43. The molecule has 5 rings (SSSR count). The molecule has 1 atom stereocenters. The molecule has 1 aliphatic heterocycles. The predicted octanol–water partition coefficient (Wildman–Crippen LogP) is 7.89. The first-order valence-electron chi connectivity index (χ1n) is 12.5. The van der Waals surface area contributed by atoms with Gasteiger partial charge in [-0.25, -0.2) is 0 Å². The highest BCUT2D eigenvalue weighted by Gasteiger charge is 2.40. The molecule has 8 heteroatoms. The lowest BCUT2D eigenvalue weighted by atomic mass is 9.93. The number of rotatable bonds is 9. The Labute approximate surface area is 223 Å². The number of likely N-dealkylation sites (tertiary alicyclic amines) is 1. The topological polar surface area (TPSA) is 21.7 Å². The van der Waals surface area contributed by atoms with E-state index in [-0.39, 0.29) is 17.7 Å². The maximum atomic E-state index is 14.1. The van der Waals surface area contributed by atoms with Gasteiger partial charge in [-0.15, -0.1) is 0 Å². The van der Waals surface area contributed by atoms with Crippen molar-refractivity contribution in [3.05, 3.63) is 137 Å². The Morgan fingerprint density at radius 2 is 1.21 bits per heavy atom. The van der Waals surface area contributed by atoms with Crippen molar-refractivity contribution >= 4 is 0 Å². The fourth-order valence-corrected chi connectivity index (χ4v) is 4.99. The second kappa shape index (κ2) is 11.6. The van der Waals surface area contributed by atoms with E-state index in [0.29, 0.717) is 24.7 Å². The van der Waals surface area contributed by atoms with E-state index in [1.54, 1.807) is 30.3 Å². The minimum Gasteiger partial charge on any atom is -0.435 e. The van der Waals surface area contributed by atoms with Crippen molar-refractivity contribution in [2.75, 3.05) is 13.1 Å². The van der Waals surface area contributed by atoms with E-state index >= 15 is 0 Å². The van der Waals surface area contributed by atoms with E-state index in [9.17, 15) is 22.0 Å². The van der Waals surface area contributed by atoms with Crippen molar-refractivity contribution in [1.29, 1.82) is 0 Å². The lowest BCUT2D eigenvalue weighted by Gasteiger charge is -2.45. The van der Waals surface area contributed by atoms with E-state index in [0.717, 1.165) is 23.3 Å². The van der Waals surface area contributed by atoms with Gasteiger partial charge in [0, 0.05) is 13.1 Å². The van der Waals surface area contributed by atoms with Gasteiger partial charge in [-0.3, -0.25) is 4.90 Å². The zero-order valence-corrected chi connectivity index (χ0v) is 20.8. The summed E-state index contributed by atoms with van der Waals surface area (Å²) in [6.07, 6.45) is -6.20. The second-order valence-corrected chi connectivity index (χ2v) is 9.35. The van der Waals surface area contributed by atoms with Gasteiger partial charge in [0.1, 0.15) is 11.9 Å². The number of halogens is 5. The molecule has 4 aromatic rings. The first-order chi connectivity index (χ1) is 18.8. The quantitative estimate of drug-likeness (QED) is 0.202. The molecule has 0 radical (unpaired) electrons. The van der Waals surface area contributed by atoms with Crippen LogP contribution in [-0.2, 0) is 10.9 Å². The zero-order chi connectivity index (χ0) is 27.4. The van der Waals surface area contributed by atoms with Crippen LogP contribution in [0.15, 0.2) is 109 Å². The summed E-state index contributed by atoms with van der Waals surface area (Å²) in [6.45, 7) is -2.22. The molecule has 4 aromatic carbocycles. The van der Waals surface area contributed by atoms with Crippen LogP contribution in [-0.4, -0.2) is 30.7 Å². The van der Waals surface area contributed by atoms with Gasteiger partial charge >= 0.3 is 12.8 Å². The van der Waals surface area contributed by atoms with E-state index in [4.69, 9.17) is 4.74 Å². The van der Waals surface area contributed by atoms with Crippen molar-refractivity contribution in [3.8, 4) is 5.75 Å². The van der Waals surface area contributed by atoms with Crippen LogP contribution in [0.3, 0.4) is 0 Å². The van der Waals surface area contributed by atoms with Gasteiger partial charge in [0.15, 0.2) is 0 Å². The van der Waals surface area contributed by atoms with Gasteiger partial charge in [0.2, 0.25) is 0 Å². The van der Waals surface area contributed by atoms with Gasteiger partial charge in [-0.1, -0.05) is 97.1 Å².